The molecule has 0 aromatic carbocycles. The van der Waals surface area contributed by atoms with Crippen molar-refractivity contribution in [1.29, 1.82) is 0 Å². The summed E-state index contributed by atoms with van der Waals surface area (Å²) in [6.07, 6.45) is 13.8. The Labute approximate surface area is 142 Å². The molecular formula is C20H36N2O. The molecule has 2 aliphatic heterocycles. The van der Waals surface area contributed by atoms with Crippen molar-refractivity contribution in [3.05, 3.63) is 0 Å². The third kappa shape index (κ3) is 4.95. The third-order valence-corrected chi connectivity index (χ3v) is 6.48. The second kappa shape index (κ2) is 8.50. The number of likely N-dealkylation sites (tertiary alicyclic amines) is 2. The zero-order valence-corrected chi connectivity index (χ0v) is 15.1. The van der Waals surface area contributed by atoms with Crippen molar-refractivity contribution >= 4 is 5.91 Å². The van der Waals surface area contributed by atoms with E-state index < -0.39 is 0 Å². The number of piperidine rings is 1. The van der Waals surface area contributed by atoms with Gasteiger partial charge in [0.15, 0.2) is 0 Å². The van der Waals surface area contributed by atoms with Crippen LogP contribution in [-0.2, 0) is 4.79 Å². The van der Waals surface area contributed by atoms with Gasteiger partial charge in [-0.2, -0.15) is 0 Å². The highest BCUT2D eigenvalue weighted by Crippen LogP contribution is 2.29. The van der Waals surface area contributed by atoms with E-state index in [4.69, 9.17) is 0 Å². The third-order valence-electron chi connectivity index (χ3n) is 6.48. The van der Waals surface area contributed by atoms with E-state index in [-0.39, 0.29) is 0 Å². The number of hydrogen-bond donors (Lipinski definition) is 0. The van der Waals surface area contributed by atoms with Crippen LogP contribution in [0, 0.1) is 11.8 Å². The summed E-state index contributed by atoms with van der Waals surface area (Å²) < 4.78 is 0. The molecule has 0 aromatic rings. The van der Waals surface area contributed by atoms with Crippen molar-refractivity contribution in [2.24, 2.45) is 11.8 Å². The van der Waals surface area contributed by atoms with Crippen LogP contribution in [0.3, 0.4) is 0 Å². The molecule has 1 aliphatic carbocycles. The Morgan fingerprint density at radius 2 is 1.57 bits per heavy atom. The van der Waals surface area contributed by atoms with E-state index in [1.807, 2.05) is 0 Å². The molecule has 0 spiro atoms. The standard InChI is InChI=1S/C20H36N2O/c1-17-10-13-21(14-11-17)16-19-9-3-2-6-12-22(19)20(23)15-18-7-4-5-8-18/h17-19H,2-16H2,1H3. The largest absolute Gasteiger partial charge is 0.338 e. The minimum absolute atomic E-state index is 0.467. The molecule has 2 saturated heterocycles. The van der Waals surface area contributed by atoms with Crippen LogP contribution in [0.5, 0.6) is 0 Å². The van der Waals surface area contributed by atoms with E-state index in [1.165, 1.54) is 77.3 Å². The predicted molar refractivity (Wildman–Crippen MR) is 95.4 cm³/mol. The molecule has 2 heterocycles. The van der Waals surface area contributed by atoms with Crippen LogP contribution in [-0.4, -0.2) is 47.9 Å². The van der Waals surface area contributed by atoms with Gasteiger partial charge in [-0.15, -0.1) is 0 Å². The lowest BCUT2D eigenvalue weighted by Crippen LogP contribution is -2.48. The topological polar surface area (TPSA) is 23.6 Å². The van der Waals surface area contributed by atoms with Crippen LogP contribution in [0.1, 0.15) is 77.6 Å². The molecule has 3 heteroatoms. The molecule has 0 bridgehead atoms. The summed E-state index contributed by atoms with van der Waals surface area (Å²) in [6, 6.07) is 0.486. The molecule has 0 N–H and O–H groups in total. The fraction of sp³-hybridized carbons (Fsp3) is 0.950. The molecule has 23 heavy (non-hydrogen) atoms. The van der Waals surface area contributed by atoms with Gasteiger partial charge in [0, 0.05) is 25.6 Å². The van der Waals surface area contributed by atoms with Crippen LogP contribution in [0.25, 0.3) is 0 Å². The van der Waals surface area contributed by atoms with Crippen molar-refractivity contribution in [1.82, 2.24) is 9.80 Å². The van der Waals surface area contributed by atoms with Gasteiger partial charge in [0.05, 0.1) is 0 Å². The minimum Gasteiger partial charge on any atom is -0.338 e. The van der Waals surface area contributed by atoms with Crippen LogP contribution in [0.15, 0.2) is 0 Å². The van der Waals surface area contributed by atoms with Gasteiger partial charge in [-0.25, -0.2) is 0 Å². The molecule has 3 aliphatic rings. The molecule has 1 amide bonds. The van der Waals surface area contributed by atoms with Crippen LogP contribution in [0.2, 0.25) is 0 Å². The average Bonchev–Trinajstić information content (AvgIpc) is 2.94. The number of amides is 1. The zero-order valence-electron chi connectivity index (χ0n) is 15.1. The Balaban J connectivity index is 1.56. The molecule has 1 unspecified atom stereocenters. The molecule has 3 rings (SSSR count). The van der Waals surface area contributed by atoms with Gasteiger partial charge < -0.3 is 9.80 Å². The SMILES string of the molecule is CC1CCN(CC2CCCCCN2C(=O)CC2CCCC2)CC1. The predicted octanol–water partition coefficient (Wildman–Crippen LogP) is 4.07. The van der Waals surface area contributed by atoms with Gasteiger partial charge in [0.2, 0.25) is 5.91 Å². The Hall–Kier alpha value is -0.570. The van der Waals surface area contributed by atoms with E-state index in [2.05, 4.69) is 16.7 Å². The van der Waals surface area contributed by atoms with E-state index in [9.17, 15) is 4.79 Å². The second-order valence-corrected chi connectivity index (χ2v) is 8.43. The smallest absolute Gasteiger partial charge is 0.223 e. The van der Waals surface area contributed by atoms with Crippen molar-refractivity contribution in [3.63, 3.8) is 0 Å². The first-order valence-corrected chi connectivity index (χ1v) is 10.2. The van der Waals surface area contributed by atoms with Gasteiger partial charge in [0.1, 0.15) is 0 Å². The van der Waals surface area contributed by atoms with Gasteiger partial charge >= 0.3 is 0 Å². The Morgan fingerprint density at radius 3 is 2.30 bits per heavy atom. The number of nitrogens with zero attached hydrogens (tertiary/aromatic N) is 2. The number of rotatable bonds is 4. The average molecular weight is 321 g/mol. The van der Waals surface area contributed by atoms with Gasteiger partial charge in [-0.3, -0.25) is 4.79 Å². The molecule has 0 aromatic heterocycles. The Morgan fingerprint density at radius 1 is 0.870 bits per heavy atom. The molecule has 132 valence electrons. The highest BCUT2D eigenvalue weighted by atomic mass is 16.2. The molecular weight excluding hydrogens is 284 g/mol. The summed E-state index contributed by atoms with van der Waals surface area (Å²) >= 11 is 0. The number of carbonyl (C=O) groups excluding carboxylic acids is 1. The lowest BCUT2D eigenvalue weighted by molar-refractivity contribution is -0.135. The maximum atomic E-state index is 12.9. The normalized spacial score (nSPS) is 28.9. The van der Waals surface area contributed by atoms with E-state index in [0.29, 0.717) is 17.9 Å². The molecule has 3 nitrogen and oxygen atoms in total. The summed E-state index contributed by atoms with van der Waals surface area (Å²) in [6.45, 7) is 6.99. The van der Waals surface area contributed by atoms with Crippen molar-refractivity contribution < 1.29 is 4.79 Å². The van der Waals surface area contributed by atoms with E-state index in [1.54, 1.807) is 0 Å². The second-order valence-electron chi connectivity index (χ2n) is 8.43. The lowest BCUT2D eigenvalue weighted by Gasteiger charge is -2.37. The summed E-state index contributed by atoms with van der Waals surface area (Å²) in [7, 11) is 0. The van der Waals surface area contributed by atoms with Crippen molar-refractivity contribution in [2.75, 3.05) is 26.2 Å². The fourth-order valence-electron chi connectivity index (χ4n) is 4.82. The van der Waals surface area contributed by atoms with Gasteiger partial charge in [-0.1, -0.05) is 32.6 Å². The van der Waals surface area contributed by atoms with Gasteiger partial charge in [0.25, 0.3) is 0 Å². The maximum absolute atomic E-state index is 12.9. The van der Waals surface area contributed by atoms with Crippen molar-refractivity contribution in [2.45, 2.75) is 83.6 Å². The molecule has 1 saturated carbocycles. The zero-order chi connectivity index (χ0) is 16.1. The first-order chi connectivity index (χ1) is 11.2. The first-order valence-electron chi connectivity index (χ1n) is 10.2. The number of carbonyl (C=O) groups is 1. The van der Waals surface area contributed by atoms with Crippen LogP contribution >= 0.6 is 0 Å². The molecule has 3 fully saturated rings. The lowest BCUT2D eigenvalue weighted by atomic mass is 9.98. The summed E-state index contributed by atoms with van der Waals surface area (Å²) in [5, 5.41) is 0. The summed E-state index contributed by atoms with van der Waals surface area (Å²) in [5.74, 6) is 2.04. The highest BCUT2D eigenvalue weighted by molar-refractivity contribution is 5.77. The fourth-order valence-corrected chi connectivity index (χ4v) is 4.82. The van der Waals surface area contributed by atoms with E-state index in [0.717, 1.165) is 25.4 Å². The Kier molecular flexibility index (Phi) is 6.38. The molecule has 1 atom stereocenters. The molecule has 0 radical (unpaired) electrons. The monoisotopic (exact) mass is 320 g/mol. The highest BCUT2D eigenvalue weighted by Gasteiger charge is 2.30. The number of hydrogen-bond acceptors (Lipinski definition) is 2. The first kappa shape index (κ1) is 17.3. The summed E-state index contributed by atoms with van der Waals surface area (Å²) in [5.41, 5.74) is 0. The van der Waals surface area contributed by atoms with Crippen molar-refractivity contribution in [3.8, 4) is 0 Å². The Bertz CT molecular complexity index is 370. The minimum atomic E-state index is 0.467. The van der Waals surface area contributed by atoms with Crippen LogP contribution < -0.4 is 0 Å². The quantitative estimate of drug-likeness (QED) is 0.779. The van der Waals surface area contributed by atoms with E-state index >= 15 is 0 Å². The van der Waals surface area contributed by atoms with Gasteiger partial charge in [-0.05, 0) is 63.5 Å². The van der Waals surface area contributed by atoms with Crippen LogP contribution in [0.4, 0.5) is 0 Å². The summed E-state index contributed by atoms with van der Waals surface area (Å²) in [4.78, 5) is 17.8. The maximum Gasteiger partial charge on any atom is 0.223 e.